The van der Waals surface area contributed by atoms with Crippen molar-refractivity contribution in [1.29, 1.82) is 0 Å². The summed E-state index contributed by atoms with van der Waals surface area (Å²) in [5.74, 6) is 0.482. The van der Waals surface area contributed by atoms with Gasteiger partial charge in [0.1, 0.15) is 10.7 Å². The molecule has 0 atom stereocenters. The lowest BCUT2D eigenvalue weighted by Gasteiger charge is -2.00. The molecule has 0 aliphatic carbocycles. The van der Waals surface area contributed by atoms with E-state index >= 15 is 0 Å². The third-order valence-corrected chi connectivity index (χ3v) is 2.27. The lowest BCUT2D eigenvalue weighted by Crippen LogP contribution is -1.87. The zero-order chi connectivity index (χ0) is 9.97. The Morgan fingerprint density at radius 3 is 2.57 bits per heavy atom. The van der Waals surface area contributed by atoms with Crippen LogP contribution in [0.2, 0.25) is 5.02 Å². The molecule has 14 heavy (non-hydrogen) atoms. The number of anilines is 2. The molecule has 0 radical (unpaired) electrons. The maximum atomic E-state index is 5.94. The van der Waals surface area contributed by atoms with Crippen molar-refractivity contribution < 1.29 is 4.52 Å². The van der Waals surface area contributed by atoms with E-state index in [1.54, 1.807) is 6.92 Å². The third-order valence-electron chi connectivity index (χ3n) is 1.82. The molecule has 0 saturated carbocycles. The number of aryl methyl sites for hydroxylation is 1. The molecule has 0 bridgehead atoms. The maximum Gasteiger partial charge on any atom is 0.248 e. The zero-order valence-corrected chi connectivity index (χ0v) is 8.38. The van der Waals surface area contributed by atoms with Crippen molar-refractivity contribution in [2.75, 3.05) is 5.32 Å². The molecule has 4 heteroatoms. The van der Waals surface area contributed by atoms with Crippen LogP contribution >= 0.6 is 11.6 Å². The Kier molecular flexibility index (Phi) is 2.41. The Bertz CT molecular complexity index is 425. The number of rotatable bonds is 2. The summed E-state index contributed by atoms with van der Waals surface area (Å²) in [6.07, 6.45) is 0. The number of halogens is 1. The fourth-order valence-corrected chi connectivity index (χ4v) is 1.21. The molecule has 0 fully saturated rings. The van der Waals surface area contributed by atoms with Crippen molar-refractivity contribution in [3.05, 3.63) is 41.0 Å². The fraction of sp³-hybridized carbons (Fsp3) is 0.100. The molecule has 0 saturated heterocycles. The van der Waals surface area contributed by atoms with Crippen LogP contribution in [0.4, 0.5) is 11.6 Å². The van der Waals surface area contributed by atoms with Gasteiger partial charge < -0.3 is 9.84 Å². The summed E-state index contributed by atoms with van der Waals surface area (Å²) in [5, 5.41) is 7.30. The van der Waals surface area contributed by atoms with Crippen LogP contribution in [0.5, 0.6) is 0 Å². The molecule has 1 heterocycles. The first-order chi connectivity index (χ1) is 6.77. The molecule has 2 rings (SSSR count). The van der Waals surface area contributed by atoms with Crippen molar-refractivity contribution in [3.8, 4) is 0 Å². The largest absolute Gasteiger partial charge is 0.337 e. The summed E-state index contributed by atoms with van der Waals surface area (Å²) in [6.45, 7) is 1.79. The number of nitrogens with one attached hydrogen (secondary N) is 1. The molecule has 0 amide bonds. The van der Waals surface area contributed by atoms with Gasteiger partial charge in [-0.05, 0) is 19.1 Å². The van der Waals surface area contributed by atoms with Crippen molar-refractivity contribution in [1.82, 2.24) is 5.16 Å². The first-order valence-corrected chi connectivity index (χ1v) is 4.59. The highest BCUT2D eigenvalue weighted by molar-refractivity contribution is 6.33. The molecule has 0 spiro atoms. The first kappa shape index (κ1) is 9.09. The molecular formula is C10H9ClN2O. The van der Waals surface area contributed by atoms with Crippen LogP contribution in [0, 0.1) is 6.92 Å². The average Bonchev–Trinajstić information content (AvgIpc) is 2.52. The lowest BCUT2D eigenvalue weighted by molar-refractivity contribution is 0.430. The van der Waals surface area contributed by atoms with Crippen LogP contribution in [0.1, 0.15) is 5.69 Å². The summed E-state index contributed by atoms with van der Waals surface area (Å²) >= 11 is 5.94. The smallest absolute Gasteiger partial charge is 0.248 e. The van der Waals surface area contributed by atoms with E-state index in [2.05, 4.69) is 10.5 Å². The predicted octanol–water partition coefficient (Wildman–Crippen LogP) is 3.38. The van der Waals surface area contributed by atoms with Crippen molar-refractivity contribution in [2.45, 2.75) is 6.92 Å². The van der Waals surface area contributed by atoms with Gasteiger partial charge in [-0.3, -0.25) is 0 Å². The molecule has 1 aromatic heterocycles. The number of aromatic nitrogens is 1. The second kappa shape index (κ2) is 3.72. The quantitative estimate of drug-likeness (QED) is 0.822. The summed E-state index contributed by atoms with van der Waals surface area (Å²) in [6, 6.07) is 9.65. The molecule has 0 aliphatic rings. The first-order valence-electron chi connectivity index (χ1n) is 4.21. The third kappa shape index (κ3) is 1.72. The van der Waals surface area contributed by atoms with E-state index in [1.807, 2.05) is 30.3 Å². The normalized spacial score (nSPS) is 10.1. The summed E-state index contributed by atoms with van der Waals surface area (Å²) in [4.78, 5) is 0. The summed E-state index contributed by atoms with van der Waals surface area (Å²) in [7, 11) is 0. The van der Waals surface area contributed by atoms with Crippen LogP contribution in [0.25, 0.3) is 0 Å². The van der Waals surface area contributed by atoms with Crippen molar-refractivity contribution in [2.24, 2.45) is 0 Å². The Labute approximate surface area is 86.7 Å². The zero-order valence-electron chi connectivity index (χ0n) is 7.62. The van der Waals surface area contributed by atoms with Gasteiger partial charge in [-0.1, -0.05) is 35.0 Å². The van der Waals surface area contributed by atoms with Crippen LogP contribution < -0.4 is 5.32 Å². The highest BCUT2D eigenvalue weighted by Crippen LogP contribution is 2.27. The van der Waals surface area contributed by atoms with E-state index in [0.717, 1.165) is 5.69 Å². The van der Waals surface area contributed by atoms with Gasteiger partial charge >= 0.3 is 0 Å². The Balaban J connectivity index is 2.23. The van der Waals surface area contributed by atoms with Crippen molar-refractivity contribution >= 4 is 23.2 Å². The van der Waals surface area contributed by atoms with Crippen LogP contribution in [-0.4, -0.2) is 5.16 Å². The van der Waals surface area contributed by atoms with Crippen LogP contribution in [0.3, 0.4) is 0 Å². The molecule has 1 N–H and O–H groups in total. The Morgan fingerprint density at radius 1 is 1.29 bits per heavy atom. The predicted molar refractivity (Wildman–Crippen MR) is 56.0 cm³/mol. The SMILES string of the molecule is Cc1noc(Nc2ccccc2)c1Cl. The van der Waals surface area contributed by atoms with Gasteiger partial charge in [0.05, 0.1) is 0 Å². The molecule has 72 valence electrons. The average molecular weight is 209 g/mol. The van der Waals surface area contributed by atoms with E-state index in [-0.39, 0.29) is 0 Å². The number of nitrogens with zero attached hydrogens (tertiary/aromatic N) is 1. The van der Waals surface area contributed by atoms with E-state index in [4.69, 9.17) is 16.1 Å². The minimum absolute atomic E-state index is 0.482. The van der Waals surface area contributed by atoms with Gasteiger partial charge in [-0.2, -0.15) is 0 Å². The fourth-order valence-electron chi connectivity index (χ4n) is 1.09. The topological polar surface area (TPSA) is 38.1 Å². The van der Waals surface area contributed by atoms with Gasteiger partial charge in [-0.15, -0.1) is 0 Å². The highest BCUT2D eigenvalue weighted by atomic mass is 35.5. The monoisotopic (exact) mass is 208 g/mol. The lowest BCUT2D eigenvalue weighted by atomic mass is 10.3. The Hall–Kier alpha value is -1.48. The molecule has 3 nitrogen and oxygen atoms in total. The van der Waals surface area contributed by atoms with Crippen LogP contribution in [0.15, 0.2) is 34.9 Å². The minimum Gasteiger partial charge on any atom is -0.337 e. The van der Waals surface area contributed by atoms with Gasteiger partial charge in [0.2, 0.25) is 5.88 Å². The van der Waals surface area contributed by atoms with E-state index < -0.39 is 0 Å². The summed E-state index contributed by atoms with van der Waals surface area (Å²) < 4.78 is 5.01. The number of para-hydroxylation sites is 1. The number of hydrogen-bond acceptors (Lipinski definition) is 3. The molecule has 0 unspecified atom stereocenters. The van der Waals surface area contributed by atoms with E-state index in [0.29, 0.717) is 16.6 Å². The van der Waals surface area contributed by atoms with Gasteiger partial charge in [0, 0.05) is 5.69 Å². The number of benzene rings is 1. The molecule has 0 aliphatic heterocycles. The molecular weight excluding hydrogens is 200 g/mol. The van der Waals surface area contributed by atoms with Gasteiger partial charge in [-0.25, -0.2) is 0 Å². The van der Waals surface area contributed by atoms with Gasteiger partial charge in [0.25, 0.3) is 0 Å². The maximum absolute atomic E-state index is 5.94. The second-order valence-electron chi connectivity index (χ2n) is 2.90. The van der Waals surface area contributed by atoms with E-state index in [9.17, 15) is 0 Å². The Morgan fingerprint density at radius 2 is 2.00 bits per heavy atom. The highest BCUT2D eigenvalue weighted by Gasteiger charge is 2.09. The van der Waals surface area contributed by atoms with Gasteiger partial charge in [0.15, 0.2) is 0 Å². The van der Waals surface area contributed by atoms with Crippen molar-refractivity contribution in [3.63, 3.8) is 0 Å². The minimum atomic E-state index is 0.482. The standard InChI is InChI=1S/C10H9ClN2O/c1-7-9(11)10(14-13-7)12-8-5-3-2-4-6-8/h2-6,12H,1H3. The number of hydrogen-bond donors (Lipinski definition) is 1. The molecule has 2 aromatic rings. The summed E-state index contributed by atoms with van der Waals surface area (Å²) in [5.41, 5.74) is 1.61. The van der Waals surface area contributed by atoms with Crippen LogP contribution in [-0.2, 0) is 0 Å². The molecule has 1 aromatic carbocycles. The van der Waals surface area contributed by atoms with E-state index in [1.165, 1.54) is 0 Å². The second-order valence-corrected chi connectivity index (χ2v) is 3.28.